The van der Waals surface area contributed by atoms with Crippen LogP contribution in [0.5, 0.6) is 11.6 Å². The van der Waals surface area contributed by atoms with Crippen LogP contribution in [0.25, 0.3) is 27.8 Å². The van der Waals surface area contributed by atoms with E-state index in [-0.39, 0.29) is 5.95 Å². The Hall–Kier alpha value is -5.38. The van der Waals surface area contributed by atoms with Crippen LogP contribution in [0.4, 0.5) is 17.5 Å². The fourth-order valence-electron chi connectivity index (χ4n) is 3.98. The number of hydrogen-bond acceptors (Lipinski definition) is 9. The predicted molar refractivity (Wildman–Crippen MR) is 141 cm³/mol. The standard InChI is InChI=1S/C27H21N9O/c1-17-12-16-31-36(17)25-21-6-3-2-5-20(21)24(34-35-25)32-18-8-10-19(11-9-18)37-26-22(7-4-14-29-26)23-13-15-30-27(28)33-23/h2-16H,1H3,(H,32,34)(H2,28,30,33). The Morgan fingerprint density at radius 2 is 1.65 bits per heavy atom. The Kier molecular flexibility index (Phi) is 5.58. The Labute approximate surface area is 211 Å². The summed E-state index contributed by atoms with van der Waals surface area (Å²) in [5.74, 6) is 2.55. The fraction of sp³-hybridized carbons (Fsp3) is 0.0370. The number of pyridine rings is 1. The molecule has 37 heavy (non-hydrogen) atoms. The number of aryl methyl sites for hydroxylation is 1. The summed E-state index contributed by atoms with van der Waals surface area (Å²) in [6.07, 6.45) is 5.01. The number of nitrogen functional groups attached to an aromatic ring is 1. The Morgan fingerprint density at radius 3 is 2.43 bits per heavy atom. The molecule has 6 aromatic rings. The third kappa shape index (κ3) is 4.39. The number of hydrogen-bond donors (Lipinski definition) is 2. The molecule has 0 radical (unpaired) electrons. The number of nitrogens with two attached hydrogens (primary N) is 1. The van der Waals surface area contributed by atoms with Gasteiger partial charge < -0.3 is 15.8 Å². The van der Waals surface area contributed by atoms with Gasteiger partial charge in [-0.05, 0) is 55.5 Å². The van der Waals surface area contributed by atoms with Gasteiger partial charge in [0.1, 0.15) is 5.75 Å². The SMILES string of the molecule is Cc1ccnn1-c1nnc(Nc2ccc(Oc3ncccc3-c3ccnc(N)n3)cc2)c2ccccc12. The average Bonchev–Trinajstić information content (AvgIpc) is 3.36. The molecule has 0 saturated heterocycles. The molecular weight excluding hydrogens is 466 g/mol. The van der Waals surface area contributed by atoms with Gasteiger partial charge in [0.25, 0.3) is 0 Å². The summed E-state index contributed by atoms with van der Waals surface area (Å²) < 4.78 is 7.85. The molecule has 0 aliphatic carbocycles. The van der Waals surface area contributed by atoms with Crippen LogP contribution in [-0.2, 0) is 0 Å². The van der Waals surface area contributed by atoms with Gasteiger partial charge in [-0.25, -0.2) is 19.6 Å². The van der Waals surface area contributed by atoms with Gasteiger partial charge in [-0.15, -0.1) is 10.2 Å². The van der Waals surface area contributed by atoms with Gasteiger partial charge in [-0.3, -0.25) is 0 Å². The quantitative estimate of drug-likeness (QED) is 0.330. The highest BCUT2D eigenvalue weighted by molar-refractivity contribution is 5.97. The van der Waals surface area contributed by atoms with Crippen molar-refractivity contribution < 1.29 is 4.74 Å². The first kappa shape index (κ1) is 22.1. The summed E-state index contributed by atoms with van der Waals surface area (Å²) >= 11 is 0. The summed E-state index contributed by atoms with van der Waals surface area (Å²) in [4.78, 5) is 12.6. The minimum Gasteiger partial charge on any atom is -0.438 e. The predicted octanol–water partition coefficient (Wildman–Crippen LogP) is 5.09. The number of rotatable bonds is 6. The number of nitrogens with zero attached hydrogens (tertiary/aromatic N) is 7. The van der Waals surface area contributed by atoms with Gasteiger partial charge in [0.2, 0.25) is 11.8 Å². The summed E-state index contributed by atoms with van der Waals surface area (Å²) in [6, 6.07) is 22.9. The maximum atomic E-state index is 6.07. The van der Waals surface area contributed by atoms with Crippen molar-refractivity contribution in [1.82, 2.24) is 34.9 Å². The number of fused-ring (bicyclic) bond motifs is 1. The topological polar surface area (TPSA) is 130 Å². The Bertz CT molecular complexity index is 1710. The highest BCUT2D eigenvalue weighted by Gasteiger charge is 2.14. The van der Waals surface area contributed by atoms with E-state index in [0.717, 1.165) is 22.2 Å². The molecule has 0 atom stereocenters. The second-order valence-electron chi connectivity index (χ2n) is 8.21. The second-order valence-corrected chi connectivity index (χ2v) is 8.21. The third-order valence-electron chi connectivity index (χ3n) is 5.75. The second kappa shape index (κ2) is 9.34. The number of anilines is 3. The molecule has 0 aliphatic heterocycles. The van der Waals surface area contributed by atoms with Gasteiger partial charge in [0.15, 0.2) is 11.6 Å². The number of benzene rings is 2. The maximum absolute atomic E-state index is 6.07. The zero-order valence-electron chi connectivity index (χ0n) is 19.8. The van der Waals surface area contributed by atoms with Gasteiger partial charge >= 0.3 is 0 Å². The van der Waals surface area contributed by atoms with E-state index >= 15 is 0 Å². The van der Waals surface area contributed by atoms with Crippen molar-refractivity contribution in [3.05, 3.63) is 97.1 Å². The van der Waals surface area contributed by atoms with E-state index in [1.54, 1.807) is 29.3 Å². The molecule has 2 aromatic carbocycles. The van der Waals surface area contributed by atoms with Gasteiger partial charge in [0.05, 0.1) is 11.3 Å². The molecule has 0 unspecified atom stereocenters. The highest BCUT2D eigenvalue weighted by atomic mass is 16.5. The van der Waals surface area contributed by atoms with E-state index < -0.39 is 0 Å². The molecule has 0 fully saturated rings. The van der Waals surface area contributed by atoms with E-state index in [9.17, 15) is 0 Å². The van der Waals surface area contributed by atoms with Crippen molar-refractivity contribution in [3.63, 3.8) is 0 Å². The molecule has 10 heteroatoms. The molecule has 6 rings (SSSR count). The van der Waals surface area contributed by atoms with Crippen molar-refractivity contribution in [2.75, 3.05) is 11.1 Å². The normalized spacial score (nSPS) is 10.9. The lowest BCUT2D eigenvalue weighted by atomic mass is 10.1. The fourth-order valence-corrected chi connectivity index (χ4v) is 3.98. The summed E-state index contributed by atoms with van der Waals surface area (Å²) in [5.41, 5.74) is 8.91. The Balaban J connectivity index is 1.26. The van der Waals surface area contributed by atoms with Crippen LogP contribution in [0.2, 0.25) is 0 Å². The van der Waals surface area contributed by atoms with E-state index in [2.05, 4.69) is 35.6 Å². The molecule has 180 valence electrons. The average molecular weight is 488 g/mol. The van der Waals surface area contributed by atoms with Crippen molar-refractivity contribution in [1.29, 1.82) is 0 Å². The zero-order valence-corrected chi connectivity index (χ0v) is 19.8. The Morgan fingerprint density at radius 1 is 0.811 bits per heavy atom. The molecule has 0 aliphatic rings. The summed E-state index contributed by atoms with van der Waals surface area (Å²) in [5, 5.41) is 18.5. The van der Waals surface area contributed by atoms with Crippen LogP contribution >= 0.6 is 0 Å². The van der Waals surface area contributed by atoms with Crippen molar-refractivity contribution >= 4 is 28.2 Å². The van der Waals surface area contributed by atoms with Crippen LogP contribution in [0.15, 0.2) is 91.4 Å². The zero-order chi connectivity index (χ0) is 25.2. The minimum atomic E-state index is 0.186. The number of nitrogens with one attached hydrogen (secondary N) is 1. The minimum absolute atomic E-state index is 0.186. The highest BCUT2D eigenvalue weighted by Crippen LogP contribution is 2.32. The number of aromatic nitrogens is 7. The van der Waals surface area contributed by atoms with Crippen molar-refractivity contribution in [2.45, 2.75) is 6.92 Å². The monoisotopic (exact) mass is 487 g/mol. The van der Waals surface area contributed by atoms with Crippen LogP contribution in [0.3, 0.4) is 0 Å². The van der Waals surface area contributed by atoms with Crippen LogP contribution in [0.1, 0.15) is 5.69 Å². The van der Waals surface area contributed by atoms with Crippen molar-refractivity contribution in [2.24, 2.45) is 0 Å². The van der Waals surface area contributed by atoms with E-state index in [0.29, 0.717) is 34.5 Å². The molecule has 0 spiro atoms. The first-order chi connectivity index (χ1) is 18.2. The van der Waals surface area contributed by atoms with Crippen molar-refractivity contribution in [3.8, 4) is 28.7 Å². The third-order valence-corrected chi connectivity index (χ3v) is 5.75. The van der Waals surface area contributed by atoms with Crippen LogP contribution in [-0.4, -0.2) is 34.9 Å². The van der Waals surface area contributed by atoms with Crippen LogP contribution < -0.4 is 15.8 Å². The van der Waals surface area contributed by atoms with E-state index in [4.69, 9.17) is 10.5 Å². The molecule has 0 saturated carbocycles. The molecule has 0 bridgehead atoms. The molecular formula is C27H21N9O. The van der Waals surface area contributed by atoms with E-state index in [1.807, 2.05) is 73.7 Å². The molecule has 4 aromatic heterocycles. The number of ether oxygens (including phenoxy) is 1. The molecule has 10 nitrogen and oxygen atoms in total. The molecule has 3 N–H and O–H groups in total. The largest absolute Gasteiger partial charge is 0.438 e. The maximum Gasteiger partial charge on any atom is 0.228 e. The van der Waals surface area contributed by atoms with Gasteiger partial charge in [-0.2, -0.15) is 5.10 Å². The first-order valence-corrected chi connectivity index (χ1v) is 11.5. The molecule has 0 amide bonds. The molecule has 4 heterocycles. The smallest absolute Gasteiger partial charge is 0.228 e. The first-order valence-electron chi connectivity index (χ1n) is 11.5. The van der Waals surface area contributed by atoms with E-state index in [1.165, 1.54) is 0 Å². The summed E-state index contributed by atoms with van der Waals surface area (Å²) in [7, 11) is 0. The lowest BCUT2D eigenvalue weighted by molar-refractivity contribution is 0.465. The summed E-state index contributed by atoms with van der Waals surface area (Å²) in [6.45, 7) is 1.98. The lowest BCUT2D eigenvalue weighted by Crippen LogP contribution is -2.06. The van der Waals surface area contributed by atoms with Gasteiger partial charge in [0, 0.05) is 40.7 Å². The van der Waals surface area contributed by atoms with Gasteiger partial charge in [-0.1, -0.05) is 24.3 Å². The lowest BCUT2D eigenvalue weighted by Gasteiger charge is -2.13. The van der Waals surface area contributed by atoms with Crippen LogP contribution in [0, 0.1) is 6.92 Å².